The topological polar surface area (TPSA) is 56.1 Å². The van der Waals surface area contributed by atoms with Crippen molar-refractivity contribution in [1.82, 2.24) is 14.9 Å². The molecule has 0 unspecified atom stereocenters. The van der Waals surface area contributed by atoms with Crippen LogP contribution < -0.4 is 4.90 Å². The van der Waals surface area contributed by atoms with Crippen LogP contribution in [0, 0.1) is 24.2 Å². The van der Waals surface area contributed by atoms with Crippen molar-refractivity contribution in [3.8, 4) is 6.07 Å². The summed E-state index contributed by atoms with van der Waals surface area (Å²) in [4.78, 5) is 13.3. The maximum Gasteiger partial charge on any atom is 0.125 e. The third-order valence-electron chi connectivity index (χ3n) is 4.78. The van der Waals surface area contributed by atoms with Gasteiger partial charge in [-0.15, -0.1) is 0 Å². The molecular formula is C21H27N5. The van der Waals surface area contributed by atoms with Crippen LogP contribution in [0.25, 0.3) is 0 Å². The van der Waals surface area contributed by atoms with Gasteiger partial charge in [0.1, 0.15) is 11.9 Å². The lowest BCUT2D eigenvalue weighted by Crippen LogP contribution is -2.46. The van der Waals surface area contributed by atoms with E-state index in [2.05, 4.69) is 51.8 Å². The Morgan fingerprint density at radius 1 is 1.08 bits per heavy atom. The molecule has 5 heteroatoms. The summed E-state index contributed by atoms with van der Waals surface area (Å²) in [5, 5.41) is 9.49. The van der Waals surface area contributed by atoms with Gasteiger partial charge in [-0.1, -0.05) is 19.9 Å². The highest BCUT2D eigenvalue weighted by Gasteiger charge is 2.20. The molecule has 0 aliphatic carbocycles. The third-order valence-corrected chi connectivity index (χ3v) is 4.78. The monoisotopic (exact) mass is 349 g/mol. The van der Waals surface area contributed by atoms with E-state index in [0.717, 1.165) is 61.8 Å². The Balaban J connectivity index is 1.65. The summed E-state index contributed by atoms with van der Waals surface area (Å²) in [7, 11) is 0. The van der Waals surface area contributed by atoms with E-state index in [0.29, 0.717) is 5.92 Å². The highest BCUT2D eigenvalue weighted by Crippen LogP contribution is 2.25. The van der Waals surface area contributed by atoms with Gasteiger partial charge >= 0.3 is 0 Å². The highest BCUT2D eigenvalue weighted by molar-refractivity contribution is 5.61. The van der Waals surface area contributed by atoms with Crippen LogP contribution in [0.1, 0.15) is 36.4 Å². The van der Waals surface area contributed by atoms with Gasteiger partial charge in [0, 0.05) is 50.7 Å². The van der Waals surface area contributed by atoms with Gasteiger partial charge in [-0.25, -0.2) is 9.97 Å². The van der Waals surface area contributed by atoms with Crippen LogP contribution in [-0.2, 0) is 13.0 Å². The van der Waals surface area contributed by atoms with Crippen molar-refractivity contribution in [1.29, 1.82) is 5.26 Å². The van der Waals surface area contributed by atoms with Gasteiger partial charge in [0.25, 0.3) is 0 Å². The first-order valence-corrected chi connectivity index (χ1v) is 9.33. The second-order valence-corrected chi connectivity index (χ2v) is 7.46. The molecule has 1 aliphatic rings. The zero-order chi connectivity index (χ0) is 18.5. The normalized spacial score (nSPS) is 15.3. The number of rotatable bonds is 5. The molecule has 3 rings (SSSR count). The maximum atomic E-state index is 9.49. The average Bonchev–Trinajstić information content (AvgIpc) is 2.64. The van der Waals surface area contributed by atoms with Crippen molar-refractivity contribution in [2.75, 3.05) is 31.1 Å². The molecule has 1 aromatic carbocycles. The molecule has 0 bridgehead atoms. The van der Waals surface area contributed by atoms with Crippen LogP contribution in [0.3, 0.4) is 0 Å². The van der Waals surface area contributed by atoms with E-state index >= 15 is 0 Å². The van der Waals surface area contributed by atoms with Crippen LogP contribution in [0.4, 0.5) is 5.69 Å². The molecule has 0 atom stereocenters. The minimum absolute atomic E-state index is 0.615. The molecule has 0 saturated carbocycles. The first-order valence-electron chi connectivity index (χ1n) is 9.33. The van der Waals surface area contributed by atoms with Crippen LogP contribution in [0.15, 0.2) is 30.6 Å². The molecule has 136 valence electrons. The largest absolute Gasteiger partial charge is 0.368 e. The molecule has 1 aromatic heterocycles. The predicted octanol–water partition coefficient (Wildman–Crippen LogP) is 3.18. The van der Waals surface area contributed by atoms with Gasteiger partial charge in [0.2, 0.25) is 0 Å². The SMILES string of the molecule is Cc1ncc(CN2CCN(c3cc(CC(C)C)ccc3C#N)CC2)cn1. The zero-order valence-corrected chi connectivity index (χ0v) is 15.9. The van der Waals surface area contributed by atoms with Crippen molar-refractivity contribution >= 4 is 5.69 Å². The summed E-state index contributed by atoms with van der Waals surface area (Å²) in [5.41, 5.74) is 4.33. The maximum absolute atomic E-state index is 9.49. The van der Waals surface area contributed by atoms with E-state index in [4.69, 9.17) is 0 Å². The summed E-state index contributed by atoms with van der Waals surface area (Å²) in [5.74, 6) is 1.42. The Bertz CT molecular complexity index is 768. The second-order valence-electron chi connectivity index (χ2n) is 7.46. The molecule has 1 aliphatic heterocycles. The van der Waals surface area contributed by atoms with E-state index < -0.39 is 0 Å². The smallest absolute Gasteiger partial charge is 0.125 e. The minimum Gasteiger partial charge on any atom is -0.368 e. The zero-order valence-electron chi connectivity index (χ0n) is 15.9. The van der Waals surface area contributed by atoms with E-state index in [1.807, 2.05) is 25.4 Å². The molecule has 0 N–H and O–H groups in total. The highest BCUT2D eigenvalue weighted by atomic mass is 15.3. The number of piperazine rings is 1. The van der Waals surface area contributed by atoms with E-state index in [1.54, 1.807) is 0 Å². The fourth-order valence-corrected chi connectivity index (χ4v) is 3.44. The molecule has 1 fully saturated rings. The Morgan fingerprint density at radius 3 is 2.38 bits per heavy atom. The Morgan fingerprint density at radius 2 is 1.77 bits per heavy atom. The second kappa shape index (κ2) is 8.29. The lowest BCUT2D eigenvalue weighted by molar-refractivity contribution is 0.249. The Labute approximate surface area is 156 Å². The molecular weight excluding hydrogens is 322 g/mol. The van der Waals surface area contributed by atoms with Gasteiger partial charge < -0.3 is 4.90 Å². The van der Waals surface area contributed by atoms with Crippen molar-refractivity contribution in [2.45, 2.75) is 33.7 Å². The number of aromatic nitrogens is 2. The minimum atomic E-state index is 0.615. The lowest BCUT2D eigenvalue weighted by Gasteiger charge is -2.36. The van der Waals surface area contributed by atoms with E-state index in [9.17, 15) is 5.26 Å². The molecule has 0 spiro atoms. The molecule has 1 saturated heterocycles. The number of hydrogen-bond acceptors (Lipinski definition) is 5. The lowest BCUT2D eigenvalue weighted by atomic mass is 10.00. The summed E-state index contributed by atoms with van der Waals surface area (Å²) in [6, 6.07) is 8.64. The molecule has 0 amide bonds. The number of anilines is 1. The van der Waals surface area contributed by atoms with E-state index in [1.165, 1.54) is 5.56 Å². The number of benzene rings is 1. The number of nitrogens with zero attached hydrogens (tertiary/aromatic N) is 5. The van der Waals surface area contributed by atoms with Crippen LogP contribution in [0.5, 0.6) is 0 Å². The van der Waals surface area contributed by atoms with Crippen molar-refractivity contribution in [3.05, 3.63) is 53.1 Å². The van der Waals surface area contributed by atoms with Gasteiger partial charge in [0.15, 0.2) is 0 Å². The van der Waals surface area contributed by atoms with Gasteiger partial charge in [0.05, 0.1) is 11.3 Å². The summed E-state index contributed by atoms with van der Waals surface area (Å²) in [6.45, 7) is 11.1. The average molecular weight is 349 g/mol. The standard InChI is InChI=1S/C21H27N5/c1-16(2)10-18-4-5-20(12-22)21(11-18)26-8-6-25(7-9-26)15-19-13-23-17(3)24-14-19/h4-5,11,13-14,16H,6-10,15H2,1-3H3. The first kappa shape index (κ1) is 18.3. The van der Waals surface area contributed by atoms with Crippen molar-refractivity contribution < 1.29 is 0 Å². The number of aryl methyl sites for hydroxylation is 1. The molecule has 2 heterocycles. The van der Waals surface area contributed by atoms with Crippen molar-refractivity contribution in [3.63, 3.8) is 0 Å². The quantitative estimate of drug-likeness (QED) is 0.830. The van der Waals surface area contributed by atoms with Crippen molar-refractivity contribution in [2.24, 2.45) is 5.92 Å². The molecule has 5 nitrogen and oxygen atoms in total. The van der Waals surface area contributed by atoms with E-state index in [-0.39, 0.29) is 0 Å². The Hall–Kier alpha value is -2.45. The van der Waals surface area contributed by atoms with Gasteiger partial charge in [-0.05, 0) is 37.0 Å². The predicted molar refractivity (Wildman–Crippen MR) is 104 cm³/mol. The van der Waals surface area contributed by atoms with Crippen LogP contribution in [0.2, 0.25) is 0 Å². The van der Waals surface area contributed by atoms with Crippen LogP contribution in [-0.4, -0.2) is 41.0 Å². The summed E-state index contributed by atoms with van der Waals surface area (Å²) in [6.07, 6.45) is 4.88. The summed E-state index contributed by atoms with van der Waals surface area (Å²) < 4.78 is 0. The number of nitriles is 1. The third kappa shape index (κ3) is 4.59. The Kier molecular flexibility index (Phi) is 5.85. The van der Waals surface area contributed by atoms with Gasteiger partial charge in [-0.3, -0.25) is 4.90 Å². The molecule has 2 aromatic rings. The fraction of sp³-hybridized carbons (Fsp3) is 0.476. The van der Waals surface area contributed by atoms with Crippen LogP contribution >= 0.6 is 0 Å². The van der Waals surface area contributed by atoms with Gasteiger partial charge in [-0.2, -0.15) is 5.26 Å². The fourth-order valence-electron chi connectivity index (χ4n) is 3.44. The summed E-state index contributed by atoms with van der Waals surface area (Å²) >= 11 is 0. The molecule has 0 radical (unpaired) electrons. The first-order chi connectivity index (χ1) is 12.5. The number of hydrogen-bond donors (Lipinski definition) is 0. The molecule has 26 heavy (non-hydrogen) atoms.